The van der Waals surface area contributed by atoms with Crippen LogP contribution in [0.1, 0.15) is 24.0 Å². The summed E-state index contributed by atoms with van der Waals surface area (Å²) in [5, 5.41) is 18.0. The van der Waals surface area contributed by atoms with E-state index in [9.17, 15) is 4.79 Å². The number of rotatable bonds is 2. The Kier molecular flexibility index (Phi) is 3.10. The molecule has 1 rings (SSSR count). The monoisotopic (exact) mass is 209 g/mol. The van der Waals surface area contributed by atoms with Crippen molar-refractivity contribution in [1.82, 2.24) is 0 Å². The summed E-state index contributed by atoms with van der Waals surface area (Å²) in [6.45, 7) is 1.53. The van der Waals surface area contributed by atoms with Crippen molar-refractivity contribution in [2.45, 2.75) is 12.8 Å². The van der Waals surface area contributed by atoms with Gasteiger partial charge in [-0.2, -0.15) is 5.26 Å². The molecule has 4 heteroatoms. The summed E-state index contributed by atoms with van der Waals surface area (Å²) in [6.07, 6.45) is 0. The molecule has 0 amide bonds. The van der Waals surface area contributed by atoms with Gasteiger partial charge in [0.05, 0.1) is 17.6 Å². The van der Waals surface area contributed by atoms with Gasteiger partial charge in [-0.25, -0.2) is 0 Å². The Bertz CT molecular complexity index is 409. The van der Waals surface area contributed by atoms with Gasteiger partial charge in [-0.1, -0.05) is 17.7 Å². The first-order valence-electron chi connectivity index (χ1n) is 3.98. The Hall–Kier alpha value is -1.53. The fourth-order valence-corrected chi connectivity index (χ4v) is 1.31. The summed E-state index contributed by atoms with van der Waals surface area (Å²) in [5.74, 6) is -1.65. The average molecular weight is 210 g/mol. The summed E-state index contributed by atoms with van der Waals surface area (Å²) in [7, 11) is 0. The van der Waals surface area contributed by atoms with Crippen LogP contribution >= 0.6 is 11.6 Å². The van der Waals surface area contributed by atoms with E-state index in [0.717, 1.165) is 0 Å². The van der Waals surface area contributed by atoms with E-state index in [1.807, 2.05) is 6.07 Å². The second-order valence-corrected chi connectivity index (χ2v) is 3.34. The SMILES string of the molecule is CC(C(=O)O)c1ccc(Cl)cc1C#N. The molecular formula is C10H8ClNO2. The summed E-state index contributed by atoms with van der Waals surface area (Å²) in [4.78, 5) is 10.7. The first-order chi connectivity index (χ1) is 6.56. The predicted molar refractivity (Wildman–Crippen MR) is 52.2 cm³/mol. The molecule has 14 heavy (non-hydrogen) atoms. The molecule has 0 spiro atoms. The molecule has 0 bridgehead atoms. The number of benzene rings is 1. The van der Waals surface area contributed by atoms with Crippen molar-refractivity contribution >= 4 is 17.6 Å². The number of hydrogen-bond acceptors (Lipinski definition) is 2. The average Bonchev–Trinajstić information content (AvgIpc) is 2.16. The van der Waals surface area contributed by atoms with Crippen molar-refractivity contribution in [2.24, 2.45) is 0 Å². The summed E-state index contributed by atoms with van der Waals surface area (Å²) in [5.41, 5.74) is 0.803. The van der Waals surface area contributed by atoms with E-state index in [1.165, 1.54) is 13.0 Å². The molecule has 0 fully saturated rings. The van der Waals surface area contributed by atoms with Crippen LogP contribution in [0.3, 0.4) is 0 Å². The van der Waals surface area contributed by atoms with E-state index in [0.29, 0.717) is 16.1 Å². The number of carbonyl (C=O) groups is 1. The molecule has 0 aliphatic carbocycles. The Balaban J connectivity index is 3.22. The molecule has 0 saturated heterocycles. The summed E-state index contributed by atoms with van der Waals surface area (Å²) < 4.78 is 0. The topological polar surface area (TPSA) is 61.1 Å². The molecule has 1 aromatic rings. The first kappa shape index (κ1) is 10.6. The molecule has 1 aromatic carbocycles. The Morgan fingerprint density at radius 2 is 2.29 bits per heavy atom. The molecule has 0 radical (unpaired) electrons. The van der Waals surface area contributed by atoms with Gasteiger partial charge in [-0.05, 0) is 24.6 Å². The minimum absolute atomic E-state index is 0.312. The minimum Gasteiger partial charge on any atom is -0.481 e. The maximum atomic E-state index is 10.7. The molecule has 72 valence electrons. The third-order valence-corrected chi connectivity index (χ3v) is 2.21. The lowest BCUT2D eigenvalue weighted by Gasteiger charge is -2.08. The lowest BCUT2D eigenvalue weighted by Crippen LogP contribution is -2.08. The predicted octanol–water partition coefficient (Wildman–Crippen LogP) is 2.40. The fourth-order valence-electron chi connectivity index (χ4n) is 1.14. The van der Waals surface area contributed by atoms with Gasteiger partial charge in [0.15, 0.2) is 0 Å². The van der Waals surface area contributed by atoms with E-state index < -0.39 is 11.9 Å². The van der Waals surface area contributed by atoms with Crippen molar-refractivity contribution < 1.29 is 9.90 Å². The molecule has 0 heterocycles. The molecule has 0 aromatic heterocycles. The van der Waals surface area contributed by atoms with Gasteiger partial charge in [0, 0.05) is 5.02 Å². The molecule has 1 atom stereocenters. The summed E-state index contributed by atoms with van der Waals surface area (Å²) in [6, 6.07) is 6.54. The highest BCUT2D eigenvalue weighted by atomic mass is 35.5. The second kappa shape index (κ2) is 4.12. The highest BCUT2D eigenvalue weighted by Gasteiger charge is 2.17. The number of aliphatic carboxylic acids is 1. The van der Waals surface area contributed by atoms with E-state index >= 15 is 0 Å². The smallest absolute Gasteiger partial charge is 0.310 e. The van der Waals surface area contributed by atoms with Crippen LogP contribution in [0.25, 0.3) is 0 Å². The van der Waals surface area contributed by atoms with E-state index in [2.05, 4.69) is 0 Å². The van der Waals surface area contributed by atoms with Crippen molar-refractivity contribution in [1.29, 1.82) is 5.26 Å². The highest BCUT2D eigenvalue weighted by Crippen LogP contribution is 2.22. The number of carboxylic acids is 1. The molecular weight excluding hydrogens is 202 g/mol. The third kappa shape index (κ3) is 2.04. The van der Waals surface area contributed by atoms with Gasteiger partial charge >= 0.3 is 5.97 Å². The van der Waals surface area contributed by atoms with Crippen LogP contribution in [0.4, 0.5) is 0 Å². The van der Waals surface area contributed by atoms with E-state index in [4.69, 9.17) is 22.0 Å². The maximum absolute atomic E-state index is 10.7. The van der Waals surface area contributed by atoms with Gasteiger partial charge in [0.2, 0.25) is 0 Å². The molecule has 1 N–H and O–H groups in total. The number of halogens is 1. The van der Waals surface area contributed by atoms with Crippen molar-refractivity contribution in [3.63, 3.8) is 0 Å². The van der Waals surface area contributed by atoms with Crippen LogP contribution in [0.2, 0.25) is 5.02 Å². The lowest BCUT2D eigenvalue weighted by molar-refractivity contribution is -0.138. The minimum atomic E-state index is -0.955. The lowest BCUT2D eigenvalue weighted by atomic mass is 9.96. The molecule has 0 saturated carbocycles. The number of carboxylic acid groups (broad SMARTS) is 1. The van der Waals surface area contributed by atoms with Crippen LogP contribution < -0.4 is 0 Å². The van der Waals surface area contributed by atoms with E-state index in [1.54, 1.807) is 12.1 Å². The van der Waals surface area contributed by atoms with Gasteiger partial charge < -0.3 is 5.11 Å². The van der Waals surface area contributed by atoms with Crippen LogP contribution in [0.5, 0.6) is 0 Å². The zero-order chi connectivity index (χ0) is 10.7. The Labute approximate surface area is 86.5 Å². The zero-order valence-corrected chi connectivity index (χ0v) is 8.25. The fraction of sp³-hybridized carbons (Fsp3) is 0.200. The van der Waals surface area contributed by atoms with E-state index in [-0.39, 0.29) is 0 Å². The molecule has 0 aliphatic rings. The van der Waals surface area contributed by atoms with Crippen LogP contribution in [0.15, 0.2) is 18.2 Å². The second-order valence-electron chi connectivity index (χ2n) is 2.90. The largest absolute Gasteiger partial charge is 0.481 e. The van der Waals surface area contributed by atoms with Gasteiger partial charge in [0.1, 0.15) is 0 Å². The molecule has 3 nitrogen and oxygen atoms in total. The Morgan fingerprint density at radius 3 is 2.79 bits per heavy atom. The molecule has 1 unspecified atom stereocenters. The Morgan fingerprint density at radius 1 is 1.64 bits per heavy atom. The van der Waals surface area contributed by atoms with Crippen molar-refractivity contribution in [3.8, 4) is 6.07 Å². The van der Waals surface area contributed by atoms with Gasteiger partial charge in [0.25, 0.3) is 0 Å². The third-order valence-electron chi connectivity index (χ3n) is 1.97. The van der Waals surface area contributed by atoms with Crippen LogP contribution in [0, 0.1) is 11.3 Å². The number of hydrogen-bond donors (Lipinski definition) is 1. The number of nitrogens with zero attached hydrogens (tertiary/aromatic N) is 1. The number of nitriles is 1. The van der Waals surface area contributed by atoms with Crippen molar-refractivity contribution in [2.75, 3.05) is 0 Å². The van der Waals surface area contributed by atoms with Crippen molar-refractivity contribution in [3.05, 3.63) is 34.3 Å². The first-order valence-corrected chi connectivity index (χ1v) is 4.36. The van der Waals surface area contributed by atoms with Gasteiger partial charge in [-0.15, -0.1) is 0 Å². The quantitative estimate of drug-likeness (QED) is 0.814. The highest BCUT2D eigenvalue weighted by molar-refractivity contribution is 6.30. The standard InChI is InChI=1S/C10H8ClNO2/c1-6(10(13)14)9-3-2-8(11)4-7(9)5-12/h2-4,6H,1H3,(H,13,14). The van der Waals surface area contributed by atoms with Crippen LogP contribution in [-0.2, 0) is 4.79 Å². The van der Waals surface area contributed by atoms with Crippen LogP contribution in [-0.4, -0.2) is 11.1 Å². The maximum Gasteiger partial charge on any atom is 0.310 e. The summed E-state index contributed by atoms with van der Waals surface area (Å²) >= 11 is 5.68. The zero-order valence-electron chi connectivity index (χ0n) is 7.49. The normalized spacial score (nSPS) is 11.8. The van der Waals surface area contributed by atoms with Gasteiger partial charge in [-0.3, -0.25) is 4.79 Å². The molecule has 0 aliphatic heterocycles.